The predicted molar refractivity (Wildman–Crippen MR) is 71.0 cm³/mol. The van der Waals surface area contributed by atoms with Gasteiger partial charge in [0.15, 0.2) is 11.5 Å². The van der Waals surface area contributed by atoms with Gasteiger partial charge in [-0.3, -0.25) is 0 Å². The standard InChI is InChI=1S/C13H15N3O4/c1-18-11-3-2-9(8-10(11)17)12-14-13(15-20-12)16-4-6-19-7-5-16/h2-3,8,17H,4-7H2,1H3. The summed E-state index contributed by atoms with van der Waals surface area (Å²) in [5.41, 5.74) is 0.648. The lowest BCUT2D eigenvalue weighted by Gasteiger charge is -2.24. The number of hydrogen-bond donors (Lipinski definition) is 1. The van der Waals surface area contributed by atoms with Crippen LogP contribution in [-0.4, -0.2) is 48.7 Å². The summed E-state index contributed by atoms with van der Waals surface area (Å²) in [6.07, 6.45) is 0. The molecule has 1 aliphatic rings. The predicted octanol–water partition coefficient (Wildman–Crippen LogP) is 1.29. The van der Waals surface area contributed by atoms with Crippen LogP contribution in [0.2, 0.25) is 0 Å². The molecule has 1 aliphatic heterocycles. The molecule has 2 aromatic rings. The highest BCUT2D eigenvalue weighted by molar-refractivity contribution is 5.60. The van der Waals surface area contributed by atoms with Gasteiger partial charge in [0.25, 0.3) is 11.8 Å². The quantitative estimate of drug-likeness (QED) is 0.905. The smallest absolute Gasteiger partial charge is 0.266 e. The third-order valence-electron chi connectivity index (χ3n) is 3.14. The number of phenols is 1. The number of benzene rings is 1. The topological polar surface area (TPSA) is 80.9 Å². The van der Waals surface area contributed by atoms with Crippen molar-refractivity contribution in [2.24, 2.45) is 0 Å². The van der Waals surface area contributed by atoms with E-state index in [-0.39, 0.29) is 5.75 Å². The van der Waals surface area contributed by atoms with E-state index >= 15 is 0 Å². The average Bonchev–Trinajstić information content (AvgIpc) is 2.98. The Balaban J connectivity index is 1.84. The lowest BCUT2D eigenvalue weighted by atomic mass is 10.2. The molecule has 1 fully saturated rings. The molecule has 0 aliphatic carbocycles. The highest BCUT2D eigenvalue weighted by atomic mass is 16.5. The molecular formula is C13H15N3O4. The number of hydrogen-bond acceptors (Lipinski definition) is 7. The van der Waals surface area contributed by atoms with Crippen LogP contribution in [0.4, 0.5) is 5.95 Å². The van der Waals surface area contributed by atoms with E-state index < -0.39 is 0 Å². The van der Waals surface area contributed by atoms with Gasteiger partial charge in [0, 0.05) is 18.7 Å². The fourth-order valence-corrected chi connectivity index (χ4v) is 2.05. The molecule has 0 atom stereocenters. The number of methoxy groups -OCH3 is 1. The molecule has 1 N–H and O–H groups in total. The van der Waals surface area contributed by atoms with Crippen LogP contribution in [-0.2, 0) is 4.74 Å². The molecule has 20 heavy (non-hydrogen) atoms. The van der Waals surface area contributed by atoms with Gasteiger partial charge in [-0.2, -0.15) is 4.98 Å². The molecule has 7 heteroatoms. The van der Waals surface area contributed by atoms with E-state index in [1.165, 1.54) is 13.2 Å². The van der Waals surface area contributed by atoms with Gasteiger partial charge in [-0.15, -0.1) is 0 Å². The number of ether oxygens (including phenoxy) is 2. The minimum Gasteiger partial charge on any atom is -0.504 e. The third-order valence-corrected chi connectivity index (χ3v) is 3.14. The van der Waals surface area contributed by atoms with Crippen LogP contribution >= 0.6 is 0 Å². The molecule has 0 radical (unpaired) electrons. The van der Waals surface area contributed by atoms with Crippen molar-refractivity contribution >= 4 is 5.95 Å². The van der Waals surface area contributed by atoms with Gasteiger partial charge < -0.3 is 24.0 Å². The maximum atomic E-state index is 9.77. The number of anilines is 1. The minimum atomic E-state index is 0.0381. The summed E-state index contributed by atoms with van der Waals surface area (Å²) in [5.74, 6) is 1.35. The van der Waals surface area contributed by atoms with E-state index in [0.29, 0.717) is 36.4 Å². The zero-order chi connectivity index (χ0) is 13.9. The van der Waals surface area contributed by atoms with Gasteiger partial charge in [-0.05, 0) is 23.4 Å². The first kappa shape index (κ1) is 12.7. The molecular weight excluding hydrogens is 262 g/mol. The van der Waals surface area contributed by atoms with Crippen LogP contribution in [0, 0.1) is 0 Å². The Morgan fingerprint density at radius 1 is 1.30 bits per heavy atom. The van der Waals surface area contributed by atoms with Gasteiger partial charge in [0.2, 0.25) is 0 Å². The summed E-state index contributed by atoms with van der Waals surface area (Å²) in [7, 11) is 1.50. The van der Waals surface area contributed by atoms with Gasteiger partial charge in [0.1, 0.15) is 0 Å². The van der Waals surface area contributed by atoms with Crippen LogP contribution < -0.4 is 9.64 Å². The van der Waals surface area contributed by atoms with E-state index in [0.717, 1.165) is 13.1 Å². The monoisotopic (exact) mass is 277 g/mol. The summed E-state index contributed by atoms with van der Waals surface area (Å²) in [6.45, 7) is 2.81. The largest absolute Gasteiger partial charge is 0.504 e. The number of morpholine rings is 1. The molecule has 1 saturated heterocycles. The lowest BCUT2D eigenvalue weighted by molar-refractivity contribution is 0.121. The zero-order valence-electron chi connectivity index (χ0n) is 11.1. The summed E-state index contributed by atoms with van der Waals surface area (Å²) in [6, 6.07) is 4.95. The number of aromatic hydroxyl groups is 1. The van der Waals surface area contributed by atoms with Gasteiger partial charge in [-0.1, -0.05) is 0 Å². The minimum absolute atomic E-state index is 0.0381. The molecule has 7 nitrogen and oxygen atoms in total. The summed E-state index contributed by atoms with van der Waals surface area (Å²) in [5, 5.41) is 13.7. The van der Waals surface area contributed by atoms with Crippen molar-refractivity contribution in [1.29, 1.82) is 0 Å². The summed E-state index contributed by atoms with van der Waals surface area (Å²) < 4.78 is 15.5. The van der Waals surface area contributed by atoms with Gasteiger partial charge >= 0.3 is 0 Å². The van der Waals surface area contributed by atoms with Crippen LogP contribution in [0.15, 0.2) is 22.7 Å². The SMILES string of the molecule is COc1ccc(-c2nc(N3CCOCC3)no2)cc1O. The highest BCUT2D eigenvalue weighted by Gasteiger charge is 2.18. The first-order valence-corrected chi connectivity index (χ1v) is 6.31. The fourth-order valence-electron chi connectivity index (χ4n) is 2.05. The van der Waals surface area contributed by atoms with Crippen molar-refractivity contribution in [2.75, 3.05) is 38.3 Å². The van der Waals surface area contributed by atoms with Crippen molar-refractivity contribution in [3.63, 3.8) is 0 Å². The normalized spacial score (nSPS) is 15.3. The van der Waals surface area contributed by atoms with Gasteiger partial charge in [0.05, 0.1) is 20.3 Å². The first-order valence-electron chi connectivity index (χ1n) is 6.31. The molecule has 0 unspecified atom stereocenters. The molecule has 106 valence electrons. The Morgan fingerprint density at radius 3 is 2.80 bits per heavy atom. The first-order chi connectivity index (χ1) is 9.78. The Morgan fingerprint density at radius 2 is 2.10 bits per heavy atom. The molecule has 0 bridgehead atoms. The van der Waals surface area contributed by atoms with Crippen LogP contribution in [0.25, 0.3) is 11.5 Å². The second-order valence-corrected chi connectivity index (χ2v) is 4.39. The lowest BCUT2D eigenvalue weighted by Crippen LogP contribution is -2.36. The Labute approximate surface area is 115 Å². The summed E-state index contributed by atoms with van der Waals surface area (Å²) >= 11 is 0. The van der Waals surface area contributed by atoms with E-state index in [9.17, 15) is 5.11 Å². The maximum absolute atomic E-state index is 9.77. The van der Waals surface area contributed by atoms with E-state index in [2.05, 4.69) is 10.1 Å². The number of nitrogens with zero attached hydrogens (tertiary/aromatic N) is 3. The molecule has 2 heterocycles. The molecule has 0 spiro atoms. The summed E-state index contributed by atoms with van der Waals surface area (Å²) in [4.78, 5) is 6.34. The molecule has 1 aromatic carbocycles. The number of aromatic nitrogens is 2. The third kappa shape index (κ3) is 2.39. The Bertz CT molecular complexity index is 593. The molecule has 0 saturated carbocycles. The second kappa shape index (κ2) is 5.38. The highest BCUT2D eigenvalue weighted by Crippen LogP contribution is 2.31. The van der Waals surface area contributed by atoms with Gasteiger partial charge in [-0.25, -0.2) is 0 Å². The fraction of sp³-hybridized carbons (Fsp3) is 0.385. The maximum Gasteiger partial charge on any atom is 0.266 e. The van der Waals surface area contributed by atoms with E-state index in [4.69, 9.17) is 14.0 Å². The second-order valence-electron chi connectivity index (χ2n) is 4.39. The van der Waals surface area contributed by atoms with Crippen molar-refractivity contribution < 1.29 is 19.1 Å². The van der Waals surface area contributed by atoms with E-state index in [1.807, 2.05) is 4.90 Å². The van der Waals surface area contributed by atoms with Crippen LogP contribution in [0.1, 0.15) is 0 Å². The Kier molecular flexibility index (Phi) is 3.42. The number of phenolic OH excluding ortho intramolecular Hbond substituents is 1. The van der Waals surface area contributed by atoms with Crippen molar-refractivity contribution in [3.05, 3.63) is 18.2 Å². The molecule has 3 rings (SSSR count). The van der Waals surface area contributed by atoms with Crippen molar-refractivity contribution in [1.82, 2.24) is 10.1 Å². The van der Waals surface area contributed by atoms with Crippen molar-refractivity contribution in [3.8, 4) is 23.0 Å². The average molecular weight is 277 g/mol. The number of rotatable bonds is 3. The zero-order valence-corrected chi connectivity index (χ0v) is 11.1. The van der Waals surface area contributed by atoms with Crippen LogP contribution in [0.3, 0.4) is 0 Å². The van der Waals surface area contributed by atoms with Crippen LogP contribution in [0.5, 0.6) is 11.5 Å². The molecule has 0 amide bonds. The Hall–Kier alpha value is -2.28. The van der Waals surface area contributed by atoms with E-state index in [1.54, 1.807) is 12.1 Å². The molecule has 1 aromatic heterocycles. The van der Waals surface area contributed by atoms with Crippen molar-refractivity contribution in [2.45, 2.75) is 0 Å².